The van der Waals surface area contributed by atoms with Gasteiger partial charge < -0.3 is 9.47 Å². The number of nitrogens with zero attached hydrogens (tertiary/aromatic N) is 2. The average Bonchev–Trinajstić information content (AvgIpc) is 3.24. The molecule has 1 heterocycles. The van der Waals surface area contributed by atoms with Gasteiger partial charge in [-0.25, -0.2) is 9.97 Å². The highest BCUT2D eigenvalue weighted by molar-refractivity contribution is 5.95. The van der Waals surface area contributed by atoms with Gasteiger partial charge in [0.25, 0.3) is 0 Å². The summed E-state index contributed by atoms with van der Waals surface area (Å²) in [7, 11) is 0. The Morgan fingerprint density at radius 3 is 1.90 bits per heavy atom. The monoisotopic (exact) mass is 520 g/mol. The minimum absolute atomic E-state index is 0.0830. The summed E-state index contributed by atoms with van der Waals surface area (Å²) in [6.07, 6.45) is 3.39. The van der Waals surface area contributed by atoms with E-state index in [1.807, 2.05) is 55.5 Å². The number of rotatable bonds is 7. The molecule has 6 heteroatoms. The number of fused-ring (bicyclic) bond motifs is 3. The Bertz CT molecular complexity index is 1460. The van der Waals surface area contributed by atoms with E-state index < -0.39 is 23.5 Å². The highest BCUT2D eigenvalue weighted by Gasteiger charge is 2.35. The fourth-order valence-corrected chi connectivity index (χ4v) is 5.00. The van der Waals surface area contributed by atoms with Crippen molar-refractivity contribution in [3.63, 3.8) is 0 Å². The average molecular weight is 521 g/mol. The minimum atomic E-state index is -1.14. The molecule has 0 spiro atoms. The molecule has 0 amide bonds. The Kier molecular flexibility index (Phi) is 7.29. The summed E-state index contributed by atoms with van der Waals surface area (Å²) in [5, 5.41) is 0. The van der Waals surface area contributed by atoms with Gasteiger partial charge in [-0.2, -0.15) is 0 Å². The molecule has 5 rings (SSSR count). The molecule has 1 aliphatic carbocycles. The summed E-state index contributed by atoms with van der Waals surface area (Å²) >= 11 is 0. The Labute approximate surface area is 229 Å². The molecule has 39 heavy (non-hydrogen) atoms. The zero-order valence-corrected chi connectivity index (χ0v) is 22.7. The largest absolute Gasteiger partial charge is 0.464 e. The lowest BCUT2D eigenvalue weighted by atomic mass is 9.97. The van der Waals surface area contributed by atoms with Crippen LogP contribution in [0.25, 0.3) is 22.5 Å². The van der Waals surface area contributed by atoms with Crippen molar-refractivity contribution in [2.24, 2.45) is 5.92 Å². The van der Waals surface area contributed by atoms with Crippen LogP contribution in [0.5, 0.6) is 0 Å². The molecule has 198 valence electrons. The fourth-order valence-electron chi connectivity index (χ4n) is 5.00. The third-order valence-corrected chi connectivity index (χ3v) is 6.86. The van der Waals surface area contributed by atoms with E-state index in [9.17, 15) is 9.59 Å². The first-order chi connectivity index (χ1) is 18.7. The summed E-state index contributed by atoms with van der Waals surface area (Å²) < 4.78 is 11.4. The molecule has 1 aromatic heterocycles. The first-order valence-corrected chi connectivity index (χ1v) is 13.2. The van der Waals surface area contributed by atoms with Gasteiger partial charge in [0.1, 0.15) is 12.2 Å². The first-order valence-electron chi connectivity index (χ1n) is 13.2. The van der Waals surface area contributed by atoms with Crippen LogP contribution in [-0.4, -0.2) is 34.1 Å². The highest BCUT2D eigenvalue weighted by Crippen LogP contribution is 2.44. The quantitative estimate of drug-likeness (QED) is 0.210. The van der Waals surface area contributed by atoms with Crippen LogP contribution in [-0.2, 0) is 25.5 Å². The van der Waals surface area contributed by atoms with Crippen molar-refractivity contribution in [3.05, 3.63) is 107 Å². The van der Waals surface area contributed by atoms with E-state index in [2.05, 4.69) is 34.2 Å². The molecule has 3 aromatic carbocycles. The number of aryl methyl sites for hydroxylation is 1. The summed E-state index contributed by atoms with van der Waals surface area (Å²) in [5.41, 5.74) is 6.41. The second-order valence-corrected chi connectivity index (χ2v) is 10.9. The van der Waals surface area contributed by atoms with Gasteiger partial charge in [0.15, 0.2) is 11.7 Å². The third-order valence-electron chi connectivity index (χ3n) is 6.86. The number of esters is 2. The number of aromatic nitrogens is 2. The molecular weight excluding hydrogens is 488 g/mol. The number of carbonyl (C=O) groups is 2. The highest BCUT2D eigenvalue weighted by atomic mass is 16.6. The SMILES string of the molecule is Cc1ccccc1-c1ncc(C[C@@H](C(=O)OCC2c3ccccc3-c3ccccc32)C(=O)OC(C)(C)C)cn1. The Morgan fingerprint density at radius 1 is 0.795 bits per heavy atom. The van der Waals surface area contributed by atoms with Crippen molar-refractivity contribution in [2.75, 3.05) is 6.61 Å². The van der Waals surface area contributed by atoms with E-state index in [4.69, 9.17) is 9.47 Å². The van der Waals surface area contributed by atoms with Gasteiger partial charge in [0, 0.05) is 23.9 Å². The lowest BCUT2D eigenvalue weighted by Gasteiger charge is -2.24. The van der Waals surface area contributed by atoms with Crippen LogP contribution in [0.15, 0.2) is 85.2 Å². The van der Waals surface area contributed by atoms with Crippen molar-refractivity contribution < 1.29 is 19.1 Å². The second kappa shape index (κ2) is 10.8. The van der Waals surface area contributed by atoms with E-state index in [0.717, 1.165) is 33.4 Å². The molecule has 6 nitrogen and oxygen atoms in total. The number of ether oxygens (including phenoxy) is 2. The third kappa shape index (κ3) is 5.75. The lowest BCUT2D eigenvalue weighted by molar-refractivity contribution is -0.169. The first kappa shape index (κ1) is 26.3. The Hall–Kier alpha value is -4.32. The molecule has 0 radical (unpaired) electrons. The van der Waals surface area contributed by atoms with E-state index in [-0.39, 0.29) is 18.9 Å². The van der Waals surface area contributed by atoms with Crippen molar-refractivity contribution in [2.45, 2.75) is 45.6 Å². The Morgan fingerprint density at radius 2 is 1.33 bits per heavy atom. The summed E-state index contributed by atoms with van der Waals surface area (Å²) in [6, 6.07) is 24.2. The minimum Gasteiger partial charge on any atom is -0.464 e. The maximum atomic E-state index is 13.4. The molecule has 0 aliphatic heterocycles. The van der Waals surface area contributed by atoms with Gasteiger partial charge in [-0.3, -0.25) is 9.59 Å². The van der Waals surface area contributed by atoms with Crippen LogP contribution in [0.3, 0.4) is 0 Å². The lowest BCUT2D eigenvalue weighted by Crippen LogP contribution is -2.35. The van der Waals surface area contributed by atoms with Crippen molar-refractivity contribution in [1.82, 2.24) is 9.97 Å². The van der Waals surface area contributed by atoms with Crippen LogP contribution < -0.4 is 0 Å². The molecular formula is C33H32N2O4. The predicted octanol–water partition coefficient (Wildman–Crippen LogP) is 6.31. The maximum Gasteiger partial charge on any atom is 0.321 e. The normalized spacial score (nSPS) is 13.3. The van der Waals surface area contributed by atoms with Gasteiger partial charge >= 0.3 is 11.9 Å². The number of carbonyl (C=O) groups excluding carboxylic acids is 2. The molecule has 0 saturated heterocycles. The molecule has 1 aliphatic rings. The molecule has 0 unspecified atom stereocenters. The van der Waals surface area contributed by atoms with Crippen LogP contribution in [0.2, 0.25) is 0 Å². The standard InChI is InChI=1S/C33H32N2O4/c1-21-11-5-6-12-23(21)30-34-18-22(19-35-30)17-28(32(37)39-33(2,3)4)31(36)38-20-29-26-15-9-7-13-24(26)25-14-8-10-16-27(25)29/h5-16,18-19,28-29H,17,20H2,1-4H3/t28-/m0/s1. The van der Waals surface area contributed by atoms with Gasteiger partial charge in [-0.1, -0.05) is 72.8 Å². The Balaban J connectivity index is 1.35. The molecule has 4 aromatic rings. The van der Waals surface area contributed by atoms with E-state index >= 15 is 0 Å². The van der Waals surface area contributed by atoms with Gasteiger partial charge in [0.2, 0.25) is 0 Å². The van der Waals surface area contributed by atoms with Crippen LogP contribution in [0, 0.1) is 12.8 Å². The molecule has 1 atom stereocenters. The van der Waals surface area contributed by atoms with E-state index in [1.165, 1.54) is 0 Å². The van der Waals surface area contributed by atoms with Crippen molar-refractivity contribution >= 4 is 11.9 Å². The zero-order valence-electron chi connectivity index (χ0n) is 22.7. The van der Waals surface area contributed by atoms with Crippen molar-refractivity contribution in [3.8, 4) is 22.5 Å². The van der Waals surface area contributed by atoms with Gasteiger partial charge in [-0.05, 0) is 67.5 Å². The van der Waals surface area contributed by atoms with Crippen LogP contribution in [0.4, 0.5) is 0 Å². The maximum absolute atomic E-state index is 13.4. The smallest absolute Gasteiger partial charge is 0.321 e. The number of hydrogen-bond donors (Lipinski definition) is 0. The number of benzene rings is 3. The molecule has 0 N–H and O–H groups in total. The van der Waals surface area contributed by atoms with E-state index in [1.54, 1.807) is 33.2 Å². The molecule has 0 saturated carbocycles. The van der Waals surface area contributed by atoms with E-state index in [0.29, 0.717) is 11.4 Å². The summed E-state index contributed by atoms with van der Waals surface area (Å²) in [6.45, 7) is 7.47. The summed E-state index contributed by atoms with van der Waals surface area (Å²) in [4.78, 5) is 35.6. The molecule has 0 bridgehead atoms. The zero-order chi connectivity index (χ0) is 27.6. The predicted molar refractivity (Wildman–Crippen MR) is 150 cm³/mol. The number of hydrogen-bond acceptors (Lipinski definition) is 6. The fraction of sp³-hybridized carbons (Fsp3) is 0.273. The molecule has 0 fully saturated rings. The second-order valence-electron chi connectivity index (χ2n) is 10.9. The topological polar surface area (TPSA) is 78.4 Å². The van der Waals surface area contributed by atoms with Crippen molar-refractivity contribution in [1.29, 1.82) is 0 Å². The van der Waals surface area contributed by atoms with Gasteiger partial charge in [-0.15, -0.1) is 0 Å². The van der Waals surface area contributed by atoms with Crippen LogP contribution >= 0.6 is 0 Å². The van der Waals surface area contributed by atoms with Gasteiger partial charge in [0.05, 0.1) is 0 Å². The van der Waals surface area contributed by atoms with Crippen LogP contribution in [0.1, 0.15) is 48.9 Å². The summed E-state index contributed by atoms with van der Waals surface area (Å²) in [5.74, 6) is -1.88.